The van der Waals surface area contributed by atoms with Crippen LogP contribution in [-0.4, -0.2) is 34.9 Å². The van der Waals surface area contributed by atoms with Crippen molar-refractivity contribution in [2.45, 2.75) is 32.9 Å². The number of benzene rings is 3. The Balaban J connectivity index is 1.76. The van der Waals surface area contributed by atoms with E-state index in [2.05, 4.69) is 0 Å². The molecule has 0 aliphatic carbocycles. The molecule has 6 heteroatoms. The molecule has 6 nitrogen and oxygen atoms in total. The van der Waals surface area contributed by atoms with Gasteiger partial charge in [0.2, 0.25) is 0 Å². The third kappa shape index (κ3) is 5.92. The van der Waals surface area contributed by atoms with Crippen molar-refractivity contribution in [3.05, 3.63) is 113 Å². The largest absolute Gasteiger partial charge is 0.503 e. The van der Waals surface area contributed by atoms with Crippen LogP contribution in [0.4, 0.5) is 0 Å². The number of ketones is 1. The third-order valence-corrected chi connectivity index (χ3v) is 6.04. The lowest BCUT2D eigenvalue weighted by atomic mass is 9.95. The maximum absolute atomic E-state index is 13.4. The average molecular weight is 498 g/mol. The minimum Gasteiger partial charge on any atom is -0.503 e. The number of allylic oxidation sites excluding steroid dienone is 1. The predicted molar refractivity (Wildman–Crippen MR) is 143 cm³/mol. The van der Waals surface area contributed by atoms with Gasteiger partial charge in [0.15, 0.2) is 23.0 Å². The van der Waals surface area contributed by atoms with Gasteiger partial charge in [0, 0.05) is 6.54 Å². The monoisotopic (exact) mass is 497 g/mol. The van der Waals surface area contributed by atoms with E-state index < -0.39 is 23.5 Å². The third-order valence-electron chi connectivity index (χ3n) is 6.04. The first-order valence-electron chi connectivity index (χ1n) is 12.5. The van der Waals surface area contributed by atoms with Gasteiger partial charge >= 0.3 is 0 Å². The molecule has 190 valence electrons. The normalized spacial score (nSPS) is 15.5. The first-order chi connectivity index (χ1) is 18.0. The van der Waals surface area contributed by atoms with E-state index in [1.165, 1.54) is 11.0 Å². The van der Waals surface area contributed by atoms with Crippen LogP contribution in [0, 0.1) is 0 Å². The Kier molecular flexibility index (Phi) is 8.41. The van der Waals surface area contributed by atoms with Gasteiger partial charge in [-0.05, 0) is 48.2 Å². The molecular weight excluding hydrogens is 466 g/mol. The molecule has 4 rings (SSSR count). The molecule has 0 radical (unpaired) electrons. The fourth-order valence-electron chi connectivity index (χ4n) is 4.32. The quantitative estimate of drug-likeness (QED) is 0.326. The molecule has 3 aromatic rings. The fraction of sp³-hybridized carbons (Fsp3) is 0.226. The number of hydrogen-bond donors (Lipinski definition) is 1. The summed E-state index contributed by atoms with van der Waals surface area (Å²) in [5.74, 6) is -0.433. The molecule has 1 unspecified atom stereocenters. The molecule has 0 aromatic heterocycles. The Labute approximate surface area is 217 Å². The molecule has 0 bridgehead atoms. The van der Waals surface area contributed by atoms with Crippen LogP contribution in [0.1, 0.15) is 43.0 Å². The van der Waals surface area contributed by atoms with E-state index in [0.717, 1.165) is 17.5 Å². The molecule has 1 atom stereocenters. The average Bonchev–Trinajstić information content (AvgIpc) is 3.17. The molecule has 0 fully saturated rings. The number of aliphatic hydroxyl groups excluding tert-OH is 1. The second kappa shape index (κ2) is 12.1. The number of nitrogens with zero attached hydrogens (tertiary/aromatic N) is 1. The van der Waals surface area contributed by atoms with Crippen molar-refractivity contribution in [3.63, 3.8) is 0 Å². The number of ether oxygens (including phenoxy) is 2. The number of carbonyl (C=O) groups excluding carboxylic acids is 2. The fourth-order valence-corrected chi connectivity index (χ4v) is 4.32. The molecular formula is C31H31NO5. The second-order valence-corrected chi connectivity index (χ2v) is 8.68. The molecule has 0 spiro atoms. The first-order valence-corrected chi connectivity index (χ1v) is 12.5. The van der Waals surface area contributed by atoms with E-state index >= 15 is 0 Å². The molecule has 1 aliphatic heterocycles. The Bertz CT molecular complexity index is 1300. The summed E-state index contributed by atoms with van der Waals surface area (Å²) in [6.07, 6.45) is 3.92. The Morgan fingerprint density at radius 2 is 1.65 bits per heavy atom. The maximum atomic E-state index is 13.4. The van der Waals surface area contributed by atoms with Gasteiger partial charge in [-0.1, -0.05) is 79.7 Å². The molecule has 1 amide bonds. The van der Waals surface area contributed by atoms with Crippen molar-refractivity contribution >= 4 is 17.8 Å². The van der Waals surface area contributed by atoms with Crippen LogP contribution in [0.2, 0.25) is 0 Å². The zero-order valence-corrected chi connectivity index (χ0v) is 21.1. The first kappa shape index (κ1) is 25.8. The minimum absolute atomic E-state index is 0.0396. The summed E-state index contributed by atoms with van der Waals surface area (Å²) in [6.45, 7) is 5.10. The van der Waals surface area contributed by atoms with E-state index in [-0.39, 0.29) is 12.1 Å². The maximum Gasteiger partial charge on any atom is 0.290 e. The molecule has 0 saturated carbocycles. The van der Waals surface area contributed by atoms with Crippen LogP contribution in [0.5, 0.6) is 11.5 Å². The van der Waals surface area contributed by atoms with Gasteiger partial charge in [0.1, 0.15) is 0 Å². The highest BCUT2D eigenvalue weighted by Crippen LogP contribution is 2.42. The van der Waals surface area contributed by atoms with E-state index in [0.29, 0.717) is 30.3 Å². The summed E-state index contributed by atoms with van der Waals surface area (Å²) >= 11 is 0. The smallest absolute Gasteiger partial charge is 0.290 e. The summed E-state index contributed by atoms with van der Waals surface area (Å²) in [4.78, 5) is 28.2. The summed E-state index contributed by atoms with van der Waals surface area (Å²) < 4.78 is 11.7. The van der Waals surface area contributed by atoms with Gasteiger partial charge in [-0.25, -0.2) is 0 Å². The zero-order chi connectivity index (χ0) is 26.2. The van der Waals surface area contributed by atoms with Gasteiger partial charge in [0.05, 0.1) is 24.8 Å². The lowest BCUT2D eigenvalue weighted by Crippen LogP contribution is -2.30. The van der Waals surface area contributed by atoms with Crippen LogP contribution in [-0.2, 0) is 16.1 Å². The lowest BCUT2D eigenvalue weighted by molar-refractivity contribution is -0.130. The highest BCUT2D eigenvalue weighted by molar-refractivity contribution is 6.14. The van der Waals surface area contributed by atoms with Crippen LogP contribution >= 0.6 is 0 Å². The number of carbonyl (C=O) groups is 2. The van der Waals surface area contributed by atoms with Crippen molar-refractivity contribution in [3.8, 4) is 11.5 Å². The molecule has 1 N–H and O–H groups in total. The second-order valence-electron chi connectivity index (χ2n) is 8.68. The minimum atomic E-state index is -0.792. The molecule has 37 heavy (non-hydrogen) atoms. The van der Waals surface area contributed by atoms with Crippen molar-refractivity contribution in [2.24, 2.45) is 0 Å². The van der Waals surface area contributed by atoms with E-state index in [1.807, 2.05) is 80.6 Å². The van der Waals surface area contributed by atoms with Crippen LogP contribution in [0.15, 0.2) is 96.3 Å². The Hall–Kier alpha value is -4.32. The van der Waals surface area contributed by atoms with Crippen molar-refractivity contribution in [2.75, 3.05) is 13.2 Å². The van der Waals surface area contributed by atoms with Crippen LogP contribution in [0.25, 0.3) is 6.08 Å². The van der Waals surface area contributed by atoms with Crippen LogP contribution in [0.3, 0.4) is 0 Å². The van der Waals surface area contributed by atoms with Gasteiger partial charge in [0.25, 0.3) is 5.91 Å². The van der Waals surface area contributed by atoms with Gasteiger partial charge < -0.3 is 19.5 Å². The number of amides is 1. The van der Waals surface area contributed by atoms with Crippen molar-refractivity contribution in [1.29, 1.82) is 0 Å². The Morgan fingerprint density at radius 1 is 0.946 bits per heavy atom. The summed E-state index contributed by atoms with van der Waals surface area (Å²) in [6, 6.07) is 23.5. The van der Waals surface area contributed by atoms with Gasteiger partial charge in [-0.15, -0.1) is 0 Å². The van der Waals surface area contributed by atoms with Crippen LogP contribution < -0.4 is 9.47 Å². The number of aliphatic hydroxyl groups is 1. The van der Waals surface area contributed by atoms with Gasteiger partial charge in [-0.3, -0.25) is 9.59 Å². The standard InChI is InChI=1S/C31H31NO5/c1-3-19-37-26-18-16-24(20-27(26)36-4-2)29-28(25(33)17-15-22-11-7-5-8-12-22)30(34)31(35)32(29)21-23-13-9-6-10-14-23/h5-18,20,29,34H,3-4,19,21H2,1-2H3. The highest BCUT2D eigenvalue weighted by Gasteiger charge is 2.43. The molecule has 1 heterocycles. The lowest BCUT2D eigenvalue weighted by Gasteiger charge is -2.27. The van der Waals surface area contributed by atoms with E-state index in [1.54, 1.807) is 18.2 Å². The summed E-state index contributed by atoms with van der Waals surface area (Å²) in [5, 5.41) is 10.9. The number of rotatable bonds is 11. The van der Waals surface area contributed by atoms with Gasteiger partial charge in [-0.2, -0.15) is 0 Å². The highest BCUT2D eigenvalue weighted by atomic mass is 16.5. The van der Waals surface area contributed by atoms with E-state index in [4.69, 9.17) is 9.47 Å². The zero-order valence-electron chi connectivity index (χ0n) is 21.1. The SMILES string of the molecule is CCCOc1ccc(C2C(C(=O)C=Cc3ccccc3)=C(O)C(=O)N2Cc2ccccc2)cc1OCC. The molecule has 3 aromatic carbocycles. The predicted octanol–water partition coefficient (Wildman–Crippen LogP) is 6.05. The Morgan fingerprint density at radius 3 is 2.32 bits per heavy atom. The topological polar surface area (TPSA) is 76.1 Å². The molecule has 1 aliphatic rings. The summed E-state index contributed by atoms with van der Waals surface area (Å²) in [7, 11) is 0. The van der Waals surface area contributed by atoms with E-state index in [9.17, 15) is 14.7 Å². The summed E-state index contributed by atoms with van der Waals surface area (Å²) in [5.41, 5.74) is 2.42. The van der Waals surface area contributed by atoms with Crippen molar-refractivity contribution < 1.29 is 24.2 Å². The van der Waals surface area contributed by atoms with Crippen molar-refractivity contribution in [1.82, 2.24) is 4.90 Å². The number of hydrogen-bond acceptors (Lipinski definition) is 5. The molecule has 0 saturated heterocycles.